The summed E-state index contributed by atoms with van der Waals surface area (Å²) >= 11 is 0. The molecule has 0 saturated carbocycles. The quantitative estimate of drug-likeness (QED) is 0.829. The maximum absolute atomic E-state index is 11.7. The second-order valence-electron chi connectivity index (χ2n) is 4.09. The zero-order valence-corrected chi connectivity index (χ0v) is 9.51. The molecule has 1 aromatic carbocycles. The van der Waals surface area contributed by atoms with Crippen molar-refractivity contribution in [1.29, 1.82) is 0 Å². The number of carboxylic acids is 1. The Bertz CT molecular complexity index is 459. The lowest BCUT2D eigenvalue weighted by Gasteiger charge is -2.23. The highest BCUT2D eigenvalue weighted by atomic mass is 16.4. The molecule has 0 spiro atoms. The number of carboxylic acid groups (broad SMARTS) is 1. The molecular formula is C12H14N2O3. The van der Waals surface area contributed by atoms with Gasteiger partial charge in [-0.25, -0.2) is 4.79 Å². The summed E-state index contributed by atoms with van der Waals surface area (Å²) in [6.07, 6.45) is -0.0485. The Kier molecular flexibility index (Phi) is 2.99. The Morgan fingerprint density at radius 1 is 1.53 bits per heavy atom. The SMILES string of the molecule is Cc1ccccc1N1C(=O)NCC1CC(=O)O. The third kappa shape index (κ3) is 2.22. The standard InChI is InChI=1S/C12H14N2O3/c1-8-4-2-3-5-10(8)14-9(6-11(15)16)7-13-12(14)17/h2-5,9H,6-7H2,1H3,(H,13,17)(H,15,16). The van der Waals surface area contributed by atoms with Crippen LogP contribution in [0.15, 0.2) is 24.3 Å². The molecule has 1 saturated heterocycles. The largest absolute Gasteiger partial charge is 0.481 e. The summed E-state index contributed by atoms with van der Waals surface area (Å²) in [5.74, 6) is -0.898. The number of amides is 2. The number of urea groups is 1. The van der Waals surface area contributed by atoms with Gasteiger partial charge in [0.2, 0.25) is 0 Å². The van der Waals surface area contributed by atoms with Gasteiger partial charge in [0, 0.05) is 12.2 Å². The van der Waals surface area contributed by atoms with Gasteiger partial charge in [0.05, 0.1) is 12.5 Å². The number of benzene rings is 1. The smallest absolute Gasteiger partial charge is 0.322 e. The summed E-state index contributed by atoms with van der Waals surface area (Å²) in [5.41, 5.74) is 1.73. The van der Waals surface area contributed by atoms with Crippen LogP contribution in [0.1, 0.15) is 12.0 Å². The molecule has 1 atom stereocenters. The zero-order chi connectivity index (χ0) is 12.4. The van der Waals surface area contributed by atoms with E-state index in [0.29, 0.717) is 6.54 Å². The number of hydrogen-bond donors (Lipinski definition) is 2. The fourth-order valence-electron chi connectivity index (χ4n) is 2.05. The van der Waals surface area contributed by atoms with Gasteiger partial charge in [-0.05, 0) is 18.6 Å². The van der Waals surface area contributed by atoms with Crippen molar-refractivity contribution in [3.8, 4) is 0 Å². The molecular weight excluding hydrogens is 220 g/mol. The highest BCUT2D eigenvalue weighted by Crippen LogP contribution is 2.25. The molecule has 1 aromatic rings. The predicted molar refractivity (Wildman–Crippen MR) is 63.1 cm³/mol. The number of nitrogens with zero attached hydrogens (tertiary/aromatic N) is 1. The van der Waals surface area contributed by atoms with Crippen LogP contribution in [0.25, 0.3) is 0 Å². The number of aliphatic carboxylic acids is 1. The number of carbonyl (C=O) groups is 2. The van der Waals surface area contributed by atoms with E-state index in [1.807, 2.05) is 31.2 Å². The number of para-hydroxylation sites is 1. The first-order valence-electron chi connectivity index (χ1n) is 5.44. The Balaban J connectivity index is 2.31. The molecule has 1 fully saturated rings. The molecule has 1 heterocycles. The third-order valence-corrected chi connectivity index (χ3v) is 2.86. The van der Waals surface area contributed by atoms with Crippen molar-refractivity contribution in [1.82, 2.24) is 5.32 Å². The molecule has 2 N–H and O–H groups in total. The minimum atomic E-state index is -0.898. The molecule has 0 radical (unpaired) electrons. The maximum atomic E-state index is 11.7. The fraction of sp³-hybridized carbons (Fsp3) is 0.333. The van der Waals surface area contributed by atoms with E-state index in [2.05, 4.69) is 5.32 Å². The lowest BCUT2D eigenvalue weighted by atomic mass is 10.1. The zero-order valence-electron chi connectivity index (χ0n) is 9.51. The van der Waals surface area contributed by atoms with Crippen LogP contribution in [-0.4, -0.2) is 29.7 Å². The van der Waals surface area contributed by atoms with Crippen molar-refractivity contribution in [3.63, 3.8) is 0 Å². The van der Waals surface area contributed by atoms with Gasteiger partial charge in [0.1, 0.15) is 0 Å². The van der Waals surface area contributed by atoms with E-state index in [9.17, 15) is 9.59 Å². The van der Waals surface area contributed by atoms with Crippen molar-refractivity contribution < 1.29 is 14.7 Å². The van der Waals surface area contributed by atoms with Crippen LogP contribution in [0, 0.1) is 6.92 Å². The lowest BCUT2D eigenvalue weighted by Crippen LogP contribution is -2.36. The van der Waals surface area contributed by atoms with Crippen LogP contribution < -0.4 is 10.2 Å². The number of nitrogens with one attached hydrogen (secondary N) is 1. The Morgan fingerprint density at radius 3 is 2.88 bits per heavy atom. The van der Waals surface area contributed by atoms with Crippen molar-refractivity contribution in [2.24, 2.45) is 0 Å². The van der Waals surface area contributed by atoms with Gasteiger partial charge >= 0.3 is 12.0 Å². The summed E-state index contributed by atoms with van der Waals surface area (Å²) in [7, 11) is 0. The third-order valence-electron chi connectivity index (χ3n) is 2.86. The van der Waals surface area contributed by atoms with Crippen LogP contribution in [0.2, 0.25) is 0 Å². The van der Waals surface area contributed by atoms with Crippen molar-refractivity contribution >= 4 is 17.7 Å². The second kappa shape index (κ2) is 4.45. The van der Waals surface area contributed by atoms with Crippen LogP contribution in [0.4, 0.5) is 10.5 Å². The minimum absolute atomic E-state index is 0.0485. The molecule has 0 aliphatic carbocycles. The molecule has 17 heavy (non-hydrogen) atoms. The van der Waals surface area contributed by atoms with Crippen LogP contribution in [-0.2, 0) is 4.79 Å². The van der Waals surface area contributed by atoms with Gasteiger partial charge in [-0.1, -0.05) is 18.2 Å². The van der Waals surface area contributed by atoms with E-state index in [4.69, 9.17) is 5.11 Å². The first-order chi connectivity index (χ1) is 8.09. The Hall–Kier alpha value is -2.04. The van der Waals surface area contributed by atoms with Gasteiger partial charge in [-0.3, -0.25) is 9.69 Å². The Morgan fingerprint density at radius 2 is 2.24 bits per heavy atom. The molecule has 0 aromatic heterocycles. The summed E-state index contributed by atoms with van der Waals surface area (Å²) < 4.78 is 0. The van der Waals surface area contributed by atoms with E-state index in [1.165, 1.54) is 4.90 Å². The molecule has 5 heteroatoms. The summed E-state index contributed by atoms with van der Waals surface area (Å²) in [4.78, 5) is 24.0. The van der Waals surface area contributed by atoms with Gasteiger partial charge in [0.15, 0.2) is 0 Å². The van der Waals surface area contributed by atoms with E-state index >= 15 is 0 Å². The molecule has 90 valence electrons. The van der Waals surface area contributed by atoms with Crippen molar-refractivity contribution in [2.75, 3.05) is 11.4 Å². The highest BCUT2D eigenvalue weighted by molar-refractivity contribution is 5.96. The van der Waals surface area contributed by atoms with Crippen LogP contribution in [0.5, 0.6) is 0 Å². The lowest BCUT2D eigenvalue weighted by molar-refractivity contribution is -0.137. The number of aryl methyl sites for hydroxylation is 1. The maximum Gasteiger partial charge on any atom is 0.322 e. The van der Waals surface area contributed by atoms with Crippen molar-refractivity contribution in [3.05, 3.63) is 29.8 Å². The molecule has 2 rings (SSSR count). The molecule has 1 unspecified atom stereocenters. The highest BCUT2D eigenvalue weighted by Gasteiger charge is 2.33. The van der Waals surface area contributed by atoms with Gasteiger partial charge in [-0.2, -0.15) is 0 Å². The molecule has 1 aliphatic rings. The van der Waals surface area contributed by atoms with Gasteiger partial charge in [0.25, 0.3) is 0 Å². The monoisotopic (exact) mass is 234 g/mol. The molecule has 0 bridgehead atoms. The summed E-state index contributed by atoms with van der Waals surface area (Å²) in [6.45, 7) is 2.28. The second-order valence-corrected chi connectivity index (χ2v) is 4.09. The van der Waals surface area contributed by atoms with Crippen LogP contribution in [0.3, 0.4) is 0 Å². The van der Waals surface area contributed by atoms with E-state index in [1.54, 1.807) is 0 Å². The Labute approximate surface area is 99.0 Å². The summed E-state index contributed by atoms with van der Waals surface area (Å²) in [6, 6.07) is 6.91. The number of rotatable bonds is 3. The molecule has 2 amide bonds. The van der Waals surface area contributed by atoms with E-state index < -0.39 is 5.97 Å². The van der Waals surface area contributed by atoms with Crippen molar-refractivity contribution in [2.45, 2.75) is 19.4 Å². The van der Waals surface area contributed by atoms with E-state index in [-0.39, 0.29) is 18.5 Å². The minimum Gasteiger partial charge on any atom is -0.481 e. The molecule has 1 aliphatic heterocycles. The topological polar surface area (TPSA) is 69.6 Å². The first-order valence-corrected chi connectivity index (χ1v) is 5.44. The normalized spacial score (nSPS) is 19.2. The first kappa shape index (κ1) is 11.4. The van der Waals surface area contributed by atoms with Crippen LogP contribution >= 0.6 is 0 Å². The number of carbonyl (C=O) groups excluding carboxylic acids is 1. The number of anilines is 1. The van der Waals surface area contributed by atoms with Gasteiger partial charge in [-0.15, -0.1) is 0 Å². The van der Waals surface area contributed by atoms with E-state index in [0.717, 1.165) is 11.3 Å². The number of hydrogen-bond acceptors (Lipinski definition) is 2. The summed E-state index contributed by atoms with van der Waals surface area (Å²) in [5, 5.41) is 11.5. The average molecular weight is 234 g/mol. The van der Waals surface area contributed by atoms with Gasteiger partial charge < -0.3 is 10.4 Å². The average Bonchev–Trinajstić information content (AvgIpc) is 2.60. The predicted octanol–water partition coefficient (Wildman–Crippen LogP) is 1.37. The fourth-order valence-corrected chi connectivity index (χ4v) is 2.05. The molecule has 5 nitrogen and oxygen atoms in total.